The summed E-state index contributed by atoms with van der Waals surface area (Å²) in [5.41, 5.74) is 9.96. The summed E-state index contributed by atoms with van der Waals surface area (Å²) in [7, 11) is 3.13. The number of aromatic nitrogens is 1. The van der Waals surface area contributed by atoms with Crippen LogP contribution in [0.4, 0.5) is 0 Å². The summed E-state index contributed by atoms with van der Waals surface area (Å²) in [5, 5.41) is 92.2. The molecule has 85 heavy (non-hydrogen) atoms. The van der Waals surface area contributed by atoms with E-state index >= 15 is 9.90 Å². The molecule has 12 rings (SSSR count). The number of cyclic esters (lactones) is 1. The maximum absolute atomic E-state index is 16.6. The van der Waals surface area contributed by atoms with Gasteiger partial charge in [-0.15, -0.1) is 5.92 Å². The second-order valence-electron chi connectivity index (χ2n) is 28.2. The number of aliphatic hydroxyl groups excluding tert-OH is 4. The minimum absolute atomic E-state index is 0.0221. The standard InChI is InChI=1S/C67H91N5O11S2/c1-36-10-11-38-14-17-47-42(32-73)27-54(77)64(2,81)61-40(7-5-6-39(26-49(47)48(38)24-36)50-33-83-62(80)55(50)41-19-22-70-30-41)28-67(82)57-52(18-20-65(61,67)21-23-71-63(68)69)66(44-8-3-4-9-44)29-53(76)59(78)51-35-85-84-34-43(37-12-15-45(74)16-13-37)25-46(75)31-72-58(57)60(79)56(51)66/h12-16,19,22,30,36,39-40,42-44,47-56,59,61,70,72-74,76-78,81-82H,3-4,7-11,17-18,20-21,23-29,31-35H2,1-2H3,(H4,68,69,71). The quantitative estimate of drug-likeness (QED) is 0.0316. The first kappa shape index (κ1) is 60.9. The van der Waals surface area contributed by atoms with Crippen LogP contribution in [0.25, 0.3) is 0 Å². The fraction of sp³-hybridized carbons (Fsp3) is 0.701. The van der Waals surface area contributed by atoms with E-state index in [2.05, 4.69) is 40.1 Å². The topological polar surface area (TPSA) is 294 Å². The van der Waals surface area contributed by atoms with Crippen molar-refractivity contribution in [1.29, 1.82) is 0 Å². The molecule has 0 amide bonds. The molecule has 2 bridgehead atoms. The second-order valence-corrected chi connectivity index (χ2v) is 30.8. The number of ketones is 2. The number of benzene rings is 1. The first-order valence-corrected chi connectivity index (χ1v) is 34.5. The van der Waals surface area contributed by atoms with Crippen molar-refractivity contribution in [1.82, 2.24) is 10.3 Å². The molecule has 3 heterocycles. The van der Waals surface area contributed by atoms with Crippen molar-refractivity contribution in [3.05, 3.63) is 76.8 Å². The van der Waals surface area contributed by atoms with E-state index in [1.165, 1.54) is 5.57 Å². The SMILES string of the molecule is CC1CCC2=CCC3C(CO)CC(O)C(C)(O)C4C(CC#CC(C5COC(=O)C5c5cc[nH]c5)CC3C2C1)CC1(O)C2=C3NCC(=O)CC(c5ccc(O)cc5)CSSCC5C(O)C(O)CC(C6CCCC6)(C2CCC41CCN=C(N)N)C5C3=O. The molecular weight excluding hydrogens is 1110 g/mol. The van der Waals surface area contributed by atoms with Gasteiger partial charge < -0.3 is 62.3 Å². The monoisotopic (exact) mass is 1210 g/mol. The smallest absolute Gasteiger partial charge is 0.313 e. The number of nitrogens with zero attached hydrogens (tertiary/aromatic N) is 1. The molecular formula is C67H91N5O11S2. The van der Waals surface area contributed by atoms with Gasteiger partial charge in [0.1, 0.15) is 5.75 Å². The Morgan fingerprint density at radius 2 is 1.69 bits per heavy atom. The normalized spacial score (nSPS) is 43.3. The third-order valence-electron chi connectivity index (χ3n) is 24.1. The molecule has 18 heteroatoms. The highest BCUT2D eigenvalue weighted by molar-refractivity contribution is 8.76. The molecule has 462 valence electrons. The Labute approximate surface area is 508 Å². The number of phenols is 1. The number of carbonyl (C=O) groups excluding carboxylic acids is 3. The van der Waals surface area contributed by atoms with Crippen molar-refractivity contribution in [3.8, 4) is 17.6 Å². The molecule has 5 saturated carbocycles. The van der Waals surface area contributed by atoms with Crippen LogP contribution in [0.5, 0.6) is 5.75 Å². The first-order chi connectivity index (χ1) is 40.8. The average Bonchev–Trinajstić information content (AvgIpc) is 1.65. The van der Waals surface area contributed by atoms with Gasteiger partial charge in [-0.3, -0.25) is 19.4 Å². The fourth-order valence-corrected chi connectivity index (χ4v) is 23.2. The van der Waals surface area contributed by atoms with E-state index in [0.29, 0.717) is 48.7 Å². The number of Topliss-reactive ketones (excluding diaryl/α,β-unsaturated/α-hetero) is 2. The zero-order valence-electron chi connectivity index (χ0n) is 49.5. The van der Waals surface area contributed by atoms with Crippen molar-refractivity contribution < 1.29 is 54.9 Å². The predicted molar refractivity (Wildman–Crippen MR) is 327 cm³/mol. The number of nitrogens with two attached hydrogens (primary N) is 2. The molecule has 13 N–H and O–H groups in total. The zero-order valence-corrected chi connectivity index (χ0v) is 51.1. The molecule has 10 aliphatic rings. The number of phenolic OH excluding ortho intramolecular Hbond substituents is 1. The number of rotatable bonds is 8. The predicted octanol–water partition coefficient (Wildman–Crippen LogP) is 7.03. The van der Waals surface area contributed by atoms with Gasteiger partial charge in [0.15, 0.2) is 17.5 Å². The Bertz CT molecular complexity index is 2970. The molecule has 21 unspecified atom stereocenters. The molecule has 0 spiro atoms. The number of carbonyl (C=O) groups is 3. The largest absolute Gasteiger partial charge is 0.508 e. The second kappa shape index (κ2) is 24.2. The minimum atomic E-state index is -1.93. The average molecular weight is 1210 g/mol. The van der Waals surface area contributed by atoms with E-state index in [-0.39, 0.29) is 141 Å². The van der Waals surface area contributed by atoms with Crippen LogP contribution in [0.3, 0.4) is 0 Å². The van der Waals surface area contributed by atoms with Crippen LogP contribution >= 0.6 is 21.6 Å². The Hall–Kier alpha value is -4.32. The highest BCUT2D eigenvalue weighted by Gasteiger charge is 2.76. The first-order valence-electron chi connectivity index (χ1n) is 32.0. The number of aromatic amines is 1. The van der Waals surface area contributed by atoms with Gasteiger partial charge in [0.2, 0.25) is 0 Å². The van der Waals surface area contributed by atoms with E-state index in [4.69, 9.17) is 16.2 Å². The van der Waals surface area contributed by atoms with Crippen molar-refractivity contribution in [2.24, 2.45) is 104 Å². The molecule has 1 aromatic carbocycles. The van der Waals surface area contributed by atoms with Crippen molar-refractivity contribution in [2.45, 2.75) is 164 Å². The van der Waals surface area contributed by atoms with Gasteiger partial charge in [-0.2, -0.15) is 0 Å². The minimum Gasteiger partial charge on any atom is -0.508 e. The summed E-state index contributed by atoms with van der Waals surface area (Å²) in [6, 6.07) is 8.81. The number of H-pyrrole nitrogens is 1. The summed E-state index contributed by atoms with van der Waals surface area (Å²) in [6.07, 6.45) is 11.6. The fourth-order valence-electron chi connectivity index (χ4n) is 20.5. The lowest BCUT2D eigenvalue weighted by Gasteiger charge is -2.65. The van der Waals surface area contributed by atoms with Crippen LogP contribution in [0.1, 0.15) is 146 Å². The van der Waals surface area contributed by atoms with Crippen molar-refractivity contribution in [3.63, 3.8) is 0 Å². The van der Waals surface area contributed by atoms with Crippen LogP contribution in [0.2, 0.25) is 0 Å². The van der Waals surface area contributed by atoms with Crippen LogP contribution in [0, 0.1) is 99.6 Å². The van der Waals surface area contributed by atoms with Gasteiger partial charge in [-0.25, -0.2) is 0 Å². The molecule has 2 aromatic rings. The highest BCUT2D eigenvalue weighted by Crippen LogP contribution is 2.75. The van der Waals surface area contributed by atoms with E-state index < -0.39 is 81.8 Å². The summed E-state index contributed by atoms with van der Waals surface area (Å²) >= 11 is 0. The third-order valence-corrected chi connectivity index (χ3v) is 26.6. The number of ether oxygens (including phenoxy) is 1. The number of hydrogen-bond donors (Lipinski definition) is 11. The number of esters is 1. The highest BCUT2D eigenvalue weighted by atomic mass is 33.1. The number of aromatic hydroxyl groups is 1. The molecule has 0 radical (unpaired) electrons. The Kier molecular flexibility index (Phi) is 17.4. The lowest BCUT2D eigenvalue weighted by atomic mass is 9.40. The number of aliphatic imine (C=N–C) groups is 1. The van der Waals surface area contributed by atoms with Gasteiger partial charge in [-0.1, -0.05) is 71.1 Å². The maximum Gasteiger partial charge on any atom is 0.313 e. The zero-order chi connectivity index (χ0) is 59.7. The Balaban J connectivity index is 1.03. The lowest BCUT2D eigenvalue weighted by molar-refractivity contribution is -0.203. The number of allylic oxidation sites excluding steroid dienone is 3. The number of guanidine groups is 1. The third kappa shape index (κ3) is 10.6. The molecule has 21 atom stereocenters. The van der Waals surface area contributed by atoms with Crippen LogP contribution in [-0.2, 0) is 19.1 Å². The molecule has 1 aromatic heterocycles. The van der Waals surface area contributed by atoms with Crippen molar-refractivity contribution >= 4 is 45.1 Å². The van der Waals surface area contributed by atoms with E-state index in [1.807, 2.05) is 30.6 Å². The van der Waals surface area contributed by atoms with Crippen LogP contribution < -0.4 is 16.8 Å². The summed E-state index contributed by atoms with van der Waals surface area (Å²) in [6.45, 7) is 3.77. The number of fused-ring (bicyclic) bond motifs is 10. The van der Waals surface area contributed by atoms with Gasteiger partial charge >= 0.3 is 5.97 Å². The lowest BCUT2D eigenvalue weighted by Crippen LogP contribution is -2.69. The molecule has 2 aliphatic heterocycles. The number of nitrogens with one attached hydrogen (secondary N) is 2. The van der Waals surface area contributed by atoms with Gasteiger partial charge in [0.25, 0.3) is 0 Å². The van der Waals surface area contributed by atoms with E-state index in [1.54, 1.807) is 40.6 Å². The summed E-state index contributed by atoms with van der Waals surface area (Å²) < 4.78 is 5.97. The number of hydrogen-bond acceptors (Lipinski definition) is 15. The van der Waals surface area contributed by atoms with Gasteiger partial charge in [-0.05, 0) is 178 Å². The summed E-state index contributed by atoms with van der Waals surface area (Å²) in [4.78, 5) is 52.8. The van der Waals surface area contributed by atoms with Crippen molar-refractivity contribution in [2.75, 3.05) is 37.8 Å². The Morgan fingerprint density at radius 1 is 0.918 bits per heavy atom. The Morgan fingerprint density at radius 3 is 2.44 bits per heavy atom. The van der Waals surface area contributed by atoms with E-state index in [0.717, 1.165) is 56.1 Å². The van der Waals surface area contributed by atoms with Crippen LogP contribution in [0.15, 0.2) is 70.6 Å². The van der Waals surface area contributed by atoms with Gasteiger partial charge in [0.05, 0.1) is 54.3 Å². The molecule has 2 saturated heterocycles. The maximum atomic E-state index is 16.6. The molecule has 7 fully saturated rings. The van der Waals surface area contributed by atoms with Crippen LogP contribution in [-0.4, -0.2) is 132 Å². The molecule has 16 nitrogen and oxygen atoms in total. The number of aliphatic hydroxyl groups is 6. The van der Waals surface area contributed by atoms with Gasteiger partial charge in [0, 0.05) is 90.8 Å². The summed E-state index contributed by atoms with van der Waals surface area (Å²) in [5.74, 6) is 2.98. The molecule has 8 aliphatic carbocycles. The van der Waals surface area contributed by atoms with E-state index in [9.17, 15) is 40.2 Å².